The van der Waals surface area contributed by atoms with Crippen LogP contribution in [0.2, 0.25) is 0 Å². The topological polar surface area (TPSA) is 29.5 Å². The third-order valence-electron chi connectivity index (χ3n) is 3.88. The first-order chi connectivity index (χ1) is 10.2. The summed E-state index contributed by atoms with van der Waals surface area (Å²) in [4.78, 5) is 13.9. The number of rotatable bonds is 5. The number of benzene rings is 1. The quantitative estimate of drug-likeness (QED) is 0.470. The van der Waals surface area contributed by atoms with Crippen LogP contribution in [0.15, 0.2) is 24.3 Å². The summed E-state index contributed by atoms with van der Waals surface area (Å²) in [5.74, 6) is 7.42. The third-order valence-corrected chi connectivity index (χ3v) is 3.88. The Labute approximate surface area is 127 Å². The predicted octanol–water partition coefficient (Wildman–Crippen LogP) is 3.63. The molecule has 0 aromatic heterocycles. The van der Waals surface area contributed by atoms with E-state index in [0.717, 1.165) is 24.3 Å². The van der Waals surface area contributed by atoms with Crippen LogP contribution in [0, 0.1) is 17.8 Å². The second kappa shape index (κ2) is 7.17. The zero-order valence-electron chi connectivity index (χ0n) is 13.1. The Balaban J connectivity index is 2.04. The van der Waals surface area contributed by atoms with Gasteiger partial charge in [-0.3, -0.25) is 9.69 Å². The molecule has 1 amide bonds. The van der Waals surface area contributed by atoms with Gasteiger partial charge in [0.2, 0.25) is 5.91 Å². The molecular formula is C18H23NO2. The number of methoxy groups -OCH3 is 1. The van der Waals surface area contributed by atoms with E-state index in [1.807, 2.05) is 31.2 Å². The zero-order valence-corrected chi connectivity index (χ0v) is 13.1. The molecule has 0 saturated carbocycles. The lowest BCUT2D eigenvalue weighted by Crippen LogP contribution is -2.59. The molecule has 2 atom stereocenters. The van der Waals surface area contributed by atoms with Crippen LogP contribution in [0.1, 0.15) is 39.5 Å². The van der Waals surface area contributed by atoms with E-state index in [4.69, 9.17) is 4.74 Å². The maximum Gasteiger partial charge on any atom is 0.234 e. The SMILES string of the molecule is CCCCCC#C[C@@H]1[C@@H](C)C(=O)N1c1ccc(OC)cc1. The third kappa shape index (κ3) is 3.39. The van der Waals surface area contributed by atoms with E-state index < -0.39 is 0 Å². The molecule has 0 radical (unpaired) electrons. The molecule has 0 bridgehead atoms. The second-order valence-corrected chi connectivity index (χ2v) is 5.42. The Bertz CT molecular complexity index is 539. The summed E-state index contributed by atoms with van der Waals surface area (Å²) in [6.07, 6.45) is 4.48. The summed E-state index contributed by atoms with van der Waals surface area (Å²) >= 11 is 0. The van der Waals surface area contributed by atoms with Crippen molar-refractivity contribution in [2.75, 3.05) is 12.0 Å². The summed E-state index contributed by atoms with van der Waals surface area (Å²) in [5.41, 5.74) is 0.895. The number of hydrogen-bond donors (Lipinski definition) is 0. The molecule has 0 unspecified atom stereocenters. The molecule has 3 heteroatoms. The number of anilines is 1. The number of ether oxygens (including phenoxy) is 1. The Morgan fingerprint density at radius 1 is 1.24 bits per heavy atom. The van der Waals surface area contributed by atoms with E-state index in [0.29, 0.717) is 0 Å². The highest BCUT2D eigenvalue weighted by Gasteiger charge is 2.44. The van der Waals surface area contributed by atoms with Gasteiger partial charge in [0.1, 0.15) is 11.8 Å². The van der Waals surface area contributed by atoms with E-state index in [2.05, 4.69) is 18.8 Å². The number of β-lactam (4-membered cyclic amide) rings is 1. The van der Waals surface area contributed by atoms with Crippen molar-refractivity contribution >= 4 is 11.6 Å². The standard InChI is InChI=1S/C18H23NO2/c1-4-5-6-7-8-9-17-14(2)18(20)19(17)15-10-12-16(21-3)13-11-15/h10-14,17H,4-7H2,1-3H3/t14-,17-/m1/s1. The van der Waals surface area contributed by atoms with Crippen LogP contribution in [0.5, 0.6) is 5.75 Å². The van der Waals surface area contributed by atoms with Crippen molar-refractivity contribution in [1.82, 2.24) is 0 Å². The first-order valence-corrected chi connectivity index (χ1v) is 7.64. The van der Waals surface area contributed by atoms with Crippen LogP contribution >= 0.6 is 0 Å². The largest absolute Gasteiger partial charge is 0.497 e. The van der Waals surface area contributed by atoms with Crippen molar-refractivity contribution in [3.8, 4) is 17.6 Å². The van der Waals surface area contributed by atoms with E-state index in [-0.39, 0.29) is 17.9 Å². The lowest BCUT2D eigenvalue weighted by molar-refractivity contribution is -0.128. The van der Waals surface area contributed by atoms with Crippen LogP contribution < -0.4 is 9.64 Å². The Kier molecular flexibility index (Phi) is 5.27. The highest BCUT2D eigenvalue weighted by molar-refractivity contribution is 6.03. The van der Waals surface area contributed by atoms with Crippen LogP contribution in [0.25, 0.3) is 0 Å². The number of amides is 1. The Morgan fingerprint density at radius 3 is 2.57 bits per heavy atom. The van der Waals surface area contributed by atoms with Gasteiger partial charge in [-0.15, -0.1) is 5.92 Å². The number of nitrogens with zero attached hydrogens (tertiary/aromatic N) is 1. The summed E-state index contributed by atoms with van der Waals surface area (Å²) < 4.78 is 5.15. The lowest BCUT2D eigenvalue weighted by atomic mass is 9.88. The van der Waals surface area contributed by atoms with Gasteiger partial charge in [0.05, 0.1) is 13.0 Å². The number of carbonyl (C=O) groups excluding carboxylic acids is 1. The first-order valence-electron chi connectivity index (χ1n) is 7.64. The predicted molar refractivity (Wildman–Crippen MR) is 85.4 cm³/mol. The van der Waals surface area contributed by atoms with E-state index in [1.165, 1.54) is 12.8 Å². The highest BCUT2D eigenvalue weighted by Crippen LogP contribution is 2.32. The minimum absolute atomic E-state index is 0.00696. The molecule has 1 aliphatic rings. The van der Waals surface area contributed by atoms with Crippen molar-refractivity contribution in [2.45, 2.75) is 45.6 Å². The molecular weight excluding hydrogens is 262 g/mol. The first kappa shape index (κ1) is 15.4. The molecule has 0 spiro atoms. The Hall–Kier alpha value is -1.95. The molecule has 2 rings (SSSR count). The summed E-state index contributed by atoms with van der Waals surface area (Å²) in [5, 5.41) is 0. The zero-order chi connectivity index (χ0) is 15.2. The average molecular weight is 285 g/mol. The number of unbranched alkanes of at least 4 members (excludes halogenated alkanes) is 3. The normalized spacial score (nSPS) is 20.5. The minimum atomic E-state index is -0.00854. The maximum atomic E-state index is 12.1. The second-order valence-electron chi connectivity index (χ2n) is 5.42. The minimum Gasteiger partial charge on any atom is -0.497 e. The molecule has 1 heterocycles. The lowest BCUT2D eigenvalue weighted by Gasteiger charge is -2.42. The van der Waals surface area contributed by atoms with Crippen LogP contribution in [0.4, 0.5) is 5.69 Å². The molecule has 1 aromatic rings. The summed E-state index contributed by atoms with van der Waals surface area (Å²) in [7, 11) is 1.64. The molecule has 0 N–H and O–H groups in total. The van der Waals surface area contributed by atoms with Gasteiger partial charge < -0.3 is 4.74 Å². The molecule has 1 saturated heterocycles. The molecule has 1 aromatic carbocycles. The number of carbonyl (C=O) groups is 1. The van der Waals surface area contributed by atoms with Crippen LogP contribution in [-0.4, -0.2) is 19.1 Å². The van der Waals surface area contributed by atoms with E-state index in [1.54, 1.807) is 12.0 Å². The van der Waals surface area contributed by atoms with Gasteiger partial charge in [0, 0.05) is 12.1 Å². The van der Waals surface area contributed by atoms with Gasteiger partial charge in [-0.05, 0) is 30.7 Å². The fraction of sp³-hybridized carbons (Fsp3) is 0.500. The average Bonchev–Trinajstić information content (AvgIpc) is 2.53. The monoisotopic (exact) mass is 285 g/mol. The van der Waals surface area contributed by atoms with Gasteiger partial charge in [0.15, 0.2) is 0 Å². The summed E-state index contributed by atoms with van der Waals surface area (Å²) in [6, 6.07) is 7.57. The molecule has 21 heavy (non-hydrogen) atoms. The van der Waals surface area contributed by atoms with E-state index in [9.17, 15) is 4.79 Å². The number of hydrogen-bond acceptors (Lipinski definition) is 2. The van der Waals surface area contributed by atoms with Gasteiger partial charge in [0.25, 0.3) is 0 Å². The fourth-order valence-electron chi connectivity index (χ4n) is 2.49. The highest BCUT2D eigenvalue weighted by atomic mass is 16.5. The van der Waals surface area contributed by atoms with Gasteiger partial charge in [-0.2, -0.15) is 0 Å². The molecule has 112 valence electrons. The van der Waals surface area contributed by atoms with Gasteiger partial charge in [-0.1, -0.05) is 32.6 Å². The van der Waals surface area contributed by atoms with Crippen LogP contribution in [-0.2, 0) is 4.79 Å². The van der Waals surface area contributed by atoms with Crippen LogP contribution in [0.3, 0.4) is 0 Å². The fourth-order valence-corrected chi connectivity index (χ4v) is 2.49. The van der Waals surface area contributed by atoms with Gasteiger partial charge >= 0.3 is 0 Å². The summed E-state index contributed by atoms with van der Waals surface area (Å²) in [6.45, 7) is 4.14. The smallest absolute Gasteiger partial charge is 0.234 e. The Morgan fingerprint density at radius 2 is 1.95 bits per heavy atom. The molecule has 1 aliphatic heterocycles. The van der Waals surface area contributed by atoms with Gasteiger partial charge in [-0.25, -0.2) is 0 Å². The molecule has 0 aliphatic carbocycles. The van der Waals surface area contributed by atoms with Crippen molar-refractivity contribution in [2.24, 2.45) is 5.92 Å². The van der Waals surface area contributed by atoms with Crippen molar-refractivity contribution in [3.63, 3.8) is 0 Å². The van der Waals surface area contributed by atoms with Crippen molar-refractivity contribution < 1.29 is 9.53 Å². The molecule has 3 nitrogen and oxygen atoms in total. The van der Waals surface area contributed by atoms with Crippen molar-refractivity contribution in [3.05, 3.63) is 24.3 Å². The molecule has 1 fully saturated rings. The van der Waals surface area contributed by atoms with E-state index >= 15 is 0 Å². The maximum absolute atomic E-state index is 12.1. The van der Waals surface area contributed by atoms with Crippen molar-refractivity contribution in [1.29, 1.82) is 0 Å².